The second-order valence-electron chi connectivity index (χ2n) is 8.91. The third-order valence-electron chi connectivity index (χ3n) is 6.58. The molecule has 8 heteroatoms. The maximum atomic E-state index is 6.09. The van der Waals surface area contributed by atoms with Gasteiger partial charge in [0.25, 0.3) is 0 Å². The standard InChI is InChI=1S/C29H30N8/c1-4-26(37-13-5-11-36-37)22-8-6-21(7-9-22)16-32-27-15-28(35-18-34-27)33-17-25-19(2)14-24-23(20(25)3)10-12-31-29(24)30/h4-15,18H,16-17H2,1-3H3,(H2,30,31)(H2,32,33,34,35)/b26-4+. The maximum absolute atomic E-state index is 6.09. The number of aromatic nitrogens is 5. The molecule has 0 amide bonds. The van der Waals surface area contributed by atoms with Crippen LogP contribution >= 0.6 is 0 Å². The topological polar surface area (TPSA) is 107 Å². The summed E-state index contributed by atoms with van der Waals surface area (Å²) in [7, 11) is 0. The first-order chi connectivity index (χ1) is 18.0. The fraction of sp³-hybridized carbons (Fsp3) is 0.172. The number of fused-ring (bicyclic) bond motifs is 1. The van der Waals surface area contributed by atoms with E-state index in [2.05, 4.69) is 80.9 Å². The molecule has 3 aromatic heterocycles. The predicted molar refractivity (Wildman–Crippen MR) is 150 cm³/mol. The zero-order valence-electron chi connectivity index (χ0n) is 21.2. The number of hydrogen-bond acceptors (Lipinski definition) is 7. The van der Waals surface area contributed by atoms with Gasteiger partial charge < -0.3 is 16.4 Å². The summed E-state index contributed by atoms with van der Waals surface area (Å²) in [6, 6.07) is 16.4. The third kappa shape index (κ3) is 5.13. The van der Waals surface area contributed by atoms with Gasteiger partial charge in [0.2, 0.25) is 0 Å². The van der Waals surface area contributed by atoms with Gasteiger partial charge in [-0.1, -0.05) is 30.3 Å². The summed E-state index contributed by atoms with van der Waals surface area (Å²) in [5.41, 5.74) is 13.0. The number of hydrogen-bond donors (Lipinski definition) is 3. The minimum atomic E-state index is 0.560. The molecule has 3 heterocycles. The molecule has 0 aliphatic rings. The summed E-state index contributed by atoms with van der Waals surface area (Å²) >= 11 is 0. The van der Waals surface area contributed by atoms with Crippen LogP contribution in [0.3, 0.4) is 0 Å². The van der Waals surface area contributed by atoms with Crippen molar-refractivity contribution in [3.8, 4) is 0 Å². The Balaban J connectivity index is 1.24. The highest BCUT2D eigenvalue weighted by Gasteiger charge is 2.11. The van der Waals surface area contributed by atoms with Crippen LogP contribution in [0.5, 0.6) is 0 Å². The van der Waals surface area contributed by atoms with Gasteiger partial charge in [-0.15, -0.1) is 0 Å². The Morgan fingerprint density at radius 1 is 0.919 bits per heavy atom. The Morgan fingerprint density at radius 3 is 2.38 bits per heavy atom. The molecule has 0 fully saturated rings. The van der Waals surface area contributed by atoms with Gasteiger partial charge in [-0.3, -0.25) is 0 Å². The number of allylic oxidation sites excluding steroid dienone is 1. The molecule has 0 saturated heterocycles. The van der Waals surface area contributed by atoms with E-state index >= 15 is 0 Å². The van der Waals surface area contributed by atoms with E-state index in [1.807, 2.05) is 36.0 Å². The zero-order chi connectivity index (χ0) is 25.8. The number of nitrogen functional groups attached to an aromatic ring is 1. The largest absolute Gasteiger partial charge is 0.383 e. The van der Waals surface area contributed by atoms with Gasteiger partial charge in [0.15, 0.2) is 0 Å². The lowest BCUT2D eigenvalue weighted by atomic mass is 9.96. The molecular weight excluding hydrogens is 460 g/mol. The van der Waals surface area contributed by atoms with Crippen LogP contribution in [0, 0.1) is 13.8 Å². The van der Waals surface area contributed by atoms with E-state index in [1.165, 1.54) is 16.7 Å². The normalized spacial score (nSPS) is 11.6. The lowest BCUT2D eigenvalue weighted by Gasteiger charge is -2.15. The molecule has 0 saturated carbocycles. The molecule has 37 heavy (non-hydrogen) atoms. The quantitative estimate of drug-likeness (QED) is 0.262. The summed E-state index contributed by atoms with van der Waals surface area (Å²) in [5.74, 6) is 2.08. The first kappa shape index (κ1) is 24.0. The van der Waals surface area contributed by atoms with E-state index < -0.39 is 0 Å². The van der Waals surface area contributed by atoms with Crippen molar-refractivity contribution in [1.82, 2.24) is 24.7 Å². The van der Waals surface area contributed by atoms with E-state index in [1.54, 1.807) is 18.7 Å². The first-order valence-electron chi connectivity index (χ1n) is 12.2. The highest BCUT2D eigenvalue weighted by Crippen LogP contribution is 2.28. The summed E-state index contributed by atoms with van der Waals surface area (Å²) < 4.78 is 1.87. The second-order valence-corrected chi connectivity index (χ2v) is 8.91. The Bertz CT molecular complexity index is 1550. The maximum Gasteiger partial charge on any atom is 0.131 e. The van der Waals surface area contributed by atoms with Gasteiger partial charge in [-0.25, -0.2) is 19.6 Å². The molecule has 0 radical (unpaired) electrons. The van der Waals surface area contributed by atoms with Gasteiger partial charge >= 0.3 is 0 Å². The summed E-state index contributed by atoms with van der Waals surface area (Å²) in [5, 5.41) is 13.3. The summed E-state index contributed by atoms with van der Waals surface area (Å²) in [4.78, 5) is 13.0. The number of nitrogens with zero attached hydrogens (tertiary/aromatic N) is 5. The molecule has 2 aromatic carbocycles. The van der Waals surface area contributed by atoms with Crippen LogP contribution in [0.2, 0.25) is 0 Å². The number of rotatable bonds is 8. The molecule has 5 rings (SSSR count). The molecule has 4 N–H and O–H groups in total. The molecule has 0 bridgehead atoms. The fourth-order valence-corrected chi connectivity index (χ4v) is 4.56. The van der Waals surface area contributed by atoms with Crippen LogP contribution < -0.4 is 16.4 Å². The highest BCUT2D eigenvalue weighted by molar-refractivity contribution is 5.94. The molecule has 0 aliphatic heterocycles. The minimum Gasteiger partial charge on any atom is -0.383 e. The van der Waals surface area contributed by atoms with E-state index in [0.717, 1.165) is 39.2 Å². The van der Waals surface area contributed by atoms with Crippen molar-refractivity contribution in [3.05, 3.63) is 107 Å². The Labute approximate surface area is 216 Å². The van der Waals surface area contributed by atoms with E-state index in [-0.39, 0.29) is 0 Å². The molecule has 8 nitrogen and oxygen atoms in total. The Kier molecular flexibility index (Phi) is 6.81. The zero-order valence-corrected chi connectivity index (χ0v) is 21.2. The number of nitrogens with two attached hydrogens (primary N) is 1. The van der Waals surface area contributed by atoms with Crippen LogP contribution in [0.1, 0.15) is 34.7 Å². The second kappa shape index (κ2) is 10.5. The van der Waals surface area contributed by atoms with E-state index in [4.69, 9.17) is 5.73 Å². The lowest BCUT2D eigenvalue weighted by molar-refractivity contribution is 0.902. The Morgan fingerprint density at radius 2 is 1.68 bits per heavy atom. The number of aryl methyl sites for hydroxylation is 2. The molecular formula is C29H30N8. The molecule has 0 unspecified atom stereocenters. The van der Waals surface area contributed by atoms with E-state index in [0.29, 0.717) is 18.9 Å². The van der Waals surface area contributed by atoms with E-state index in [9.17, 15) is 0 Å². The van der Waals surface area contributed by atoms with Crippen molar-refractivity contribution in [2.24, 2.45) is 0 Å². The van der Waals surface area contributed by atoms with Crippen molar-refractivity contribution < 1.29 is 0 Å². The van der Waals surface area contributed by atoms with Crippen LogP contribution in [0.15, 0.2) is 79.5 Å². The average molecular weight is 491 g/mol. The molecule has 5 aromatic rings. The SMILES string of the molecule is C/C=C(\c1ccc(CNc2cc(NCc3c(C)cc4c(N)nccc4c3C)ncn2)cc1)n1cccn1. The number of nitrogens with one attached hydrogen (secondary N) is 2. The molecule has 186 valence electrons. The smallest absolute Gasteiger partial charge is 0.131 e. The van der Waals surface area contributed by atoms with Gasteiger partial charge in [-0.2, -0.15) is 5.10 Å². The van der Waals surface area contributed by atoms with Crippen molar-refractivity contribution in [1.29, 1.82) is 0 Å². The van der Waals surface area contributed by atoms with Gasteiger partial charge in [0.05, 0.1) is 5.70 Å². The molecule has 0 spiro atoms. The first-order valence-corrected chi connectivity index (χ1v) is 12.2. The molecule has 0 aliphatic carbocycles. The Hall–Kier alpha value is -4.72. The van der Waals surface area contributed by atoms with Crippen LogP contribution in [0.4, 0.5) is 17.5 Å². The van der Waals surface area contributed by atoms with Gasteiger partial charge in [0, 0.05) is 43.1 Å². The fourth-order valence-electron chi connectivity index (χ4n) is 4.56. The van der Waals surface area contributed by atoms with Gasteiger partial charge in [0.1, 0.15) is 23.8 Å². The van der Waals surface area contributed by atoms with Gasteiger partial charge in [-0.05, 0) is 72.2 Å². The van der Waals surface area contributed by atoms with Crippen molar-refractivity contribution in [2.45, 2.75) is 33.9 Å². The third-order valence-corrected chi connectivity index (χ3v) is 6.58. The van der Waals surface area contributed by atoms with Crippen molar-refractivity contribution >= 4 is 33.9 Å². The average Bonchev–Trinajstić information content (AvgIpc) is 3.44. The summed E-state index contributed by atoms with van der Waals surface area (Å²) in [6.07, 6.45) is 9.12. The highest BCUT2D eigenvalue weighted by atomic mass is 15.3. The van der Waals surface area contributed by atoms with Crippen molar-refractivity contribution in [3.63, 3.8) is 0 Å². The van der Waals surface area contributed by atoms with Crippen LogP contribution in [-0.2, 0) is 13.1 Å². The van der Waals surface area contributed by atoms with Crippen molar-refractivity contribution in [2.75, 3.05) is 16.4 Å². The number of pyridine rings is 1. The van der Waals surface area contributed by atoms with Crippen LogP contribution in [-0.4, -0.2) is 24.7 Å². The predicted octanol–water partition coefficient (Wildman–Crippen LogP) is 5.55. The minimum absolute atomic E-state index is 0.560. The number of anilines is 3. The van der Waals surface area contributed by atoms with Crippen LogP contribution in [0.25, 0.3) is 16.5 Å². The lowest BCUT2D eigenvalue weighted by Crippen LogP contribution is -2.08. The number of benzene rings is 2. The molecule has 0 atom stereocenters. The summed E-state index contributed by atoms with van der Waals surface area (Å²) in [6.45, 7) is 7.54. The monoisotopic (exact) mass is 490 g/mol.